The van der Waals surface area contributed by atoms with Crippen LogP contribution < -0.4 is 19.8 Å². The van der Waals surface area contributed by atoms with Gasteiger partial charge in [0.25, 0.3) is 0 Å². The van der Waals surface area contributed by atoms with E-state index >= 15 is 0 Å². The van der Waals surface area contributed by atoms with Crippen LogP contribution in [0.15, 0.2) is 45.6 Å². The molecule has 0 aliphatic heterocycles. The van der Waals surface area contributed by atoms with Crippen molar-refractivity contribution in [2.24, 2.45) is 0 Å². The molecule has 0 saturated carbocycles. The number of aryl methyl sites for hydroxylation is 2. The van der Waals surface area contributed by atoms with Crippen molar-refractivity contribution in [1.82, 2.24) is 25.0 Å². The molecule has 0 atom stereocenters. The second-order valence-electron chi connectivity index (χ2n) is 8.58. The Morgan fingerprint density at radius 3 is 2.27 bits per heavy atom. The number of methoxy groups -OCH3 is 3. The van der Waals surface area contributed by atoms with E-state index in [2.05, 4.69) is 22.2 Å². The highest BCUT2D eigenvalue weighted by Crippen LogP contribution is 2.39. The minimum Gasteiger partial charge on any atom is -0.493 e. The summed E-state index contributed by atoms with van der Waals surface area (Å²) in [6, 6.07) is 11.4. The number of benzene rings is 2. The second kappa shape index (κ2) is 9.88. The maximum absolute atomic E-state index is 13.0. The summed E-state index contributed by atoms with van der Waals surface area (Å²) in [6.45, 7) is 3.90. The fraction of sp³-hybridized carbons (Fsp3) is 0.296. The molecule has 10 nitrogen and oxygen atoms in total. The molecule has 0 radical (unpaired) electrons. The van der Waals surface area contributed by atoms with Gasteiger partial charge in [0.2, 0.25) is 11.6 Å². The lowest BCUT2D eigenvalue weighted by atomic mass is 10.1. The largest absolute Gasteiger partial charge is 0.493 e. The molecule has 0 saturated heterocycles. The van der Waals surface area contributed by atoms with Crippen LogP contribution in [-0.2, 0) is 6.42 Å². The maximum atomic E-state index is 13.0. The van der Waals surface area contributed by atoms with Crippen LogP contribution in [0.5, 0.6) is 17.2 Å². The average molecular weight is 502 g/mol. The SMILES string of the molecule is CCCCc1ccc(-c2nc3c(c(C)nc4c3nnn4-c3cc(OC)c(OC)c(OC)c3)c(=O)o2)cc1. The lowest BCUT2D eigenvalue weighted by Gasteiger charge is -2.14. The van der Waals surface area contributed by atoms with Gasteiger partial charge in [-0.15, -0.1) is 5.10 Å². The molecule has 3 heterocycles. The highest BCUT2D eigenvalue weighted by Gasteiger charge is 2.21. The third-order valence-electron chi connectivity index (χ3n) is 6.26. The fourth-order valence-electron chi connectivity index (χ4n) is 4.33. The van der Waals surface area contributed by atoms with Crippen molar-refractivity contribution in [2.45, 2.75) is 33.1 Å². The van der Waals surface area contributed by atoms with E-state index in [0.717, 1.165) is 19.3 Å². The summed E-state index contributed by atoms with van der Waals surface area (Å²) in [5.74, 6) is 1.59. The summed E-state index contributed by atoms with van der Waals surface area (Å²) < 4.78 is 23.5. The third-order valence-corrected chi connectivity index (χ3v) is 6.26. The zero-order valence-corrected chi connectivity index (χ0v) is 21.4. The van der Waals surface area contributed by atoms with Gasteiger partial charge in [0.1, 0.15) is 10.9 Å². The molecule has 0 aliphatic rings. The van der Waals surface area contributed by atoms with Gasteiger partial charge in [-0.05, 0) is 37.5 Å². The zero-order valence-electron chi connectivity index (χ0n) is 21.4. The topological polar surface area (TPSA) is 114 Å². The Labute approximate surface area is 212 Å². The van der Waals surface area contributed by atoms with E-state index in [4.69, 9.17) is 23.6 Å². The highest BCUT2D eigenvalue weighted by atomic mass is 16.5. The predicted octanol–water partition coefficient (Wildman–Crippen LogP) is 4.66. The number of ether oxygens (including phenoxy) is 3. The summed E-state index contributed by atoms with van der Waals surface area (Å²) in [5.41, 5.74) is 3.65. The van der Waals surface area contributed by atoms with Crippen LogP contribution in [0.3, 0.4) is 0 Å². The van der Waals surface area contributed by atoms with Crippen LogP contribution in [0.1, 0.15) is 31.0 Å². The second-order valence-corrected chi connectivity index (χ2v) is 8.58. The first-order valence-electron chi connectivity index (χ1n) is 12.0. The van der Waals surface area contributed by atoms with Gasteiger partial charge in [-0.2, -0.15) is 4.68 Å². The smallest absolute Gasteiger partial charge is 0.349 e. The van der Waals surface area contributed by atoms with Crippen molar-refractivity contribution >= 4 is 22.1 Å². The predicted molar refractivity (Wildman–Crippen MR) is 139 cm³/mol. The molecule has 0 unspecified atom stereocenters. The first kappa shape index (κ1) is 24.2. The molecule has 0 N–H and O–H groups in total. The van der Waals surface area contributed by atoms with Crippen LogP contribution in [0.25, 0.3) is 39.2 Å². The van der Waals surface area contributed by atoms with Gasteiger partial charge in [-0.3, -0.25) is 0 Å². The van der Waals surface area contributed by atoms with Crippen molar-refractivity contribution in [3.8, 4) is 34.4 Å². The Balaban J connectivity index is 1.68. The van der Waals surface area contributed by atoms with Crippen molar-refractivity contribution in [3.05, 3.63) is 58.1 Å². The van der Waals surface area contributed by atoms with Gasteiger partial charge in [-0.25, -0.2) is 14.8 Å². The van der Waals surface area contributed by atoms with Gasteiger partial charge < -0.3 is 18.6 Å². The van der Waals surface area contributed by atoms with Gasteiger partial charge in [0.15, 0.2) is 22.7 Å². The molecule has 5 aromatic rings. The first-order valence-corrected chi connectivity index (χ1v) is 12.0. The van der Waals surface area contributed by atoms with E-state index in [0.29, 0.717) is 50.9 Å². The quantitative estimate of drug-likeness (QED) is 0.299. The number of aromatic nitrogens is 5. The molecule has 0 amide bonds. The lowest BCUT2D eigenvalue weighted by Crippen LogP contribution is -2.08. The molecular weight excluding hydrogens is 474 g/mol. The molecular formula is C27H27N5O5. The van der Waals surface area contributed by atoms with E-state index in [9.17, 15) is 4.79 Å². The number of hydrogen-bond acceptors (Lipinski definition) is 9. The van der Waals surface area contributed by atoms with E-state index < -0.39 is 5.63 Å². The van der Waals surface area contributed by atoms with Crippen LogP contribution in [0.2, 0.25) is 0 Å². The number of unbranched alkanes of at least 4 members (excludes halogenated alkanes) is 1. The Hall–Kier alpha value is -4.47. The van der Waals surface area contributed by atoms with Gasteiger partial charge in [-0.1, -0.05) is 30.7 Å². The van der Waals surface area contributed by atoms with Gasteiger partial charge in [0, 0.05) is 17.7 Å². The molecule has 5 rings (SSSR count). The monoisotopic (exact) mass is 501 g/mol. The van der Waals surface area contributed by atoms with E-state index in [-0.39, 0.29) is 11.3 Å². The zero-order chi connectivity index (χ0) is 26.1. The van der Waals surface area contributed by atoms with Crippen molar-refractivity contribution in [1.29, 1.82) is 0 Å². The van der Waals surface area contributed by atoms with Gasteiger partial charge >= 0.3 is 5.63 Å². The van der Waals surface area contributed by atoms with Crippen LogP contribution in [-0.4, -0.2) is 46.3 Å². The summed E-state index contributed by atoms with van der Waals surface area (Å²) >= 11 is 0. The number of nitrogens with zero attached hydrogens (tertiary/aromatic N) is 5. The maximum Gasteiger partial charge on any atom is 0.349 e. The van der Waals surface area contributed by atoms with Crippen molar-refractivity contribution in [2.75, 3.05) is 21.3 Å². The lowest BCUT2D eigenvalue weighted by molar-refractivity contribution is 0.324. The molecule has 0 fully saturated rings. The Bertz CT molecular complexity index is 1630. The Morgan fingerprint density at radius 2 is 1.65 bits per heavy atom. The van der Waals surface area contributed by atoms with Crippen LogP contribution in [0, 0.1) is 6.92 Å². The fourth-order valence-corrected chi connectivity index (χ4v) is 4.33. The summed E-state index contributed by atoms with van der Waals surface area (Å²) in [4.78, 5) is 22.3. The molecule has 0 spiro atoms. The van der Waals surface area contributed by atoms with Crippen LogP contribution >= 0.6 is 0 Å². The minimum atomic E-state index is -0.524. The average Bonchev–Trinajstić information content (AvgIpc) is 3.34. The Kier molecular flexibility index (Phi) is 6.47. The number of rotatable bonds is 8. The molecule has 0 bridgehead atoms. The molecule has 0 aliphatic carbocycles. The van der Waals surface area contributed by atoms with E-state index in [1.807, 2.05) is 24.3 Å². The summed E-state index contributed by atoms with van der Waals surface area (Å²) in [7, 11) is 4.62. The van der Waals surface area contributed by atoms with E-state index in [1.165, 1.54) is 26.9 Å². The molecule has 2 aromatic carbocycles. The number of pyridine rings is 1. The van der Waals surface area contributed by atoms with E-state index in [1.54, 1.807) is 23.7 Å². The van der Waals surface area contributed by atoms with Crippen molar-refractivity contribution in [3.63, 3.8) is 0 Å². The summed E-state index contributed by atoms with van der Waals surface area (Å²) in [6.07, 6.45) is 3.25. The summed E-state index contributed by atoms with van der Waals surface area (Å²) in [5, 5.41) is 8.92. The van der Waals surface area contributed by atoms with Crippen LogP contribution in [0.4, 0.5) is 0 Å². The molecule has 10 heteroatoms. The van der Waals surface area contributed by atoms with Gasteiger partial charge in [0.05, 0.1) is 32.7 Å². The third kappa shape index (κ3) is 4.24. The molecule has 3 aromatic heterocycles. The number of fused-ring (bicyclic) bond motifs is 3. The molecule has 190 valence electrons. The van der Waals surface area contributed by atoms with Crippen molar-refractivity contribution < 1.29 is 18.6 Å². The highest BCUT2D eigenvalue weighted by molar-refractivity contribution is 6.00. The molecule has 37 heavy (non-hydrogen) atoms. The minimum absolute atomic E-state index is 0.216. The number of hydrogen-bond donors (Lipinski definition) is 0. The standard InChI is InChI=1S/C27H27N5O5/c1-6-7-8-16-9-11-17(12-10-16)26-29-22-21(27(33)37-26)15(2)28-25-23(22)30-31-32(25)18-13-19(34-3)24(36-5)20(14-18)35-4/h9-14H,6-8H2,1-5H3. The first-order chi connectivity index (χ1) is 18.0. The Morgan fingerprint density at radius 1 is 0.946 bits per heavy atom. The normalized spacial score (nSPS) is 11.3.